The van der Waals surface area contributed by atoms with E-state index in [1.54, 1.807) is 6.07 Å². The maximum absolute atomic E-state index is 13.2. The maximum atomic E-state index is 13.2. The summed E-state index contributed by atoms with van der Waals surface area (Å²) in [7, 11) is 0. The van der Waals surface area contributed by atoms with Gasteiger partial charge in [-0.2, -0.15) is 0 Å². The molecule has 0 bridgehead atoms. The molecule has 19 heavy (non-hydrogen) atoms. The Hall–Kier alpha value is -2.43. The molecule has 0 atom stereocenters. The summed E-state index contributed by atoms with van der Waals surface area (Å²) in [6.45, 7) is 0.812. The number of nitrogens with two attached hydrogens (primary N) is 1. The number of nitrogen functional groups attached to an aromatic ring is 1. The molecule has 0 radical (unpaired) electrons. The van der Waals surface area contributed by atoms with Gasteiger partial charge >= 0.3 is 0 Å². The first-order chi connectivity index (χ1) is 9.20. The standard InChI is InChI=1S/C14H13FN2O2/c15-10-4-11(16)6-12(5-10)17-7-9-1-2-13-14(3-9)19-8-18-13/h1-6,17H,7-8,16H2. The maximum Gasteiger partial charge on any atom is 0.231 e. The Morgan fingerprint density at radius 1 is 1.11 bits per heavy atom. The molecule has 0 aliphatic carbocycles. The molecule has 2 aromatic carbocycles. The molecule has 0 aromatic heterocycles. The van der Waals surface area contributed by atoms with Crippen LogP contribution in [0.25, 0.3) is 0 Å². The quantitative estimate of drug-likeness (QED) is 0.833. The van der Waals surface area contributed by atoms with Gasteiger partial charge < -0.3 is 20.5 Å². The molecular formula is C14H13FN2O2. The number of halogens is 1. The molecule has 2 aromatic rings. The van der Waals surface area contributed by atoms with E-state index in [0.29, 0.717) is 17.9 Å². The van der Waals surface area contributed by atoms with Crippen LogP contribution in [-0.4, -0.2) is 6.79 Å². The Morgan fingerprint density at radius 2 is 1.95 bits per heavy atom. The Balaban J connectivity index is 1.72. The Kier molecular flexibility index (Phi) is 2.87. The molecule has 5 heteroatoms. The Bertz CT molecular complexity index is 596. The molecule has 1 heterocycles. The molecule has 0 spiro atoms. The largest absolute Gasteiger partial charge is 0.454 e. The molecule has 1 aliphatic heterocycles. The lowest BCUT2D eigenvalue weighted by atomic mass is 10.2. The lowest BCUT2D eigenvalue weighted by Crippen LogP contribution is -2.00. The van der Waals surface area contributed by atoms with E-state index in [1.165, 1.54) is 12.1 Å². The van der Waals surface area contributed by atoms with Gasteiger partial charge in [0.25, 0.3) is 0 Å². The highest BCUT2D eigenvalue weighted by Crippen LogP contribution is 2.32. The van der Waals surface area contributed by atoms with Gasteiger partial charge in [-0.3, -0.25) is 0 Å². The third-order valence-corrected chi connectivity index (χ3v) is 2.85. The first kappa shape index (κ1) is 11.6. The first-order valence-electron chi connectivity index (χ1n) is 5.89. The van der Waals surface area contributed by atoms with Crippen molar-refractivity contribution < 1.29 is 13.9 Å². The van der Waals surface area contributed by atoms with Crippen LogP contribution in [0.3, 0.4) is 0 Å². The molecule has 0 saturated heterocycles. The van der Waals surface area contributed by atoms with Gasteiger partial charge in [-0.05, 0) is 35.9 Å². The monoisotopic (exact) mass is 260 g/mol. The molecule has 98 valence electrons. The third kappa shape index (κ3) is 2.54. The molecule has 1 aliphatic rings. The molecule has 0 amide bonds. The van der Waals surface area contributed by atoms with Crippen LogP contribution < -0.4 is 20.5 Å². The molecule has 3 rings (SSSR count). The van der Waals surface area contributed by atoms with E-state index in [4.69, 9.17) is 15.2 Å². The molecule has 0 fully saturated rings. The number of benzene rings is 2. The van der Waals surface area contributed by atoms with Crippen LogP contribution in [0.2, 0.25) is 0 Å². The number of anilines is 2. The predicted molar refractivity (Wildman–Crippen MR) is 70.7 cm³/mol. The fraction of sp³-hybridized carbons (Fsp3) is 0.143. The van der Waals surface area contributed by atoms with Crippen molar-refractivity contribution in [2.45, 2.75) is 6.54 Å². The summed E-state index contributed by atoms with van der Waals surface area (Å²) in [4.78, 5) is 0. The zero-order valence-corrected chi connectivity index (χ0v) is 10.2. The molecule has 0 saturated carbocycles. The molecular weight excluding hydrogens is 247 g/mol. The summed E-state index contributed by atoms with van der Waals surface area (Å²) in [5.41, 5.74) is 7.65. The topological polar surface area (TPSA) is 56.5 Å². The van der Waals surface area contributed by atoms with Gasteiger partial charge in [0.2, 0.25) is 6.79 Å². The first-order valence-corrected chi connectivity index (χ1v) is 5.89. The fourth-order valence-corrected chi connectivity index (χ4v) is 1.97. The number of nitrogens with one attached hydrogen (secondary N) is 1. The smallest absolute Gasteiger partial charge is 0.231 e. The van der Waals surface area contributed by atoms with Crippen molar-refractivity contribution in [3.63, 3.8) is 0 Å². The minimum Gasteiger partial charge on any atom is -0.454 e. The van der Waals surface area contributed by atoms with E-state index in [1.807, 2.05) is 18.2 Å². The number of ether oxygens (including phenoxy) is 2. The zero-order valence-electron chi connectivity index (χ0n) is 10.2. The normalized spacial score (nSPS) is 12.5. The number of fused-ring (bicyclic) bond motifs is 1. The summed E-state index contributed by atoms with van der Waals surface area (Å²) in [6, 6.07) is 10.1. The van der Waals surface area contributed by atoms with Crippen molar-refractivity contribution in [1.82, 2.24) is 0 Å². The second-order valence-corrected chi connectivity index (χ2v) is 4.31. The lowest BCUT2D eigenvalue weighted by molar-refractivity contribution is 0.174. The molecule has 0 unspecified atom stereocenters. The zero-order chi connectivity index (χ0) is 13.2. The van der Waals surface area contributed by atoms with E-state index >= 15 is 0 Å². The minimum absolute atomic E-state index is 0.257. The van der Waals surface area contributed by atoms with Crippen molar-refractivity contribution in [2.75, 3.05) is 17.8 Å². The van der Waals surface area contributed by atoms with Crippen LogP contribution >= 0.6 is 0 Å². The summed E-state index contributed by atoms with van der Waals surface area (Å²) < 4.78 is 23.7. The van der Waals surface area contributed by atoms with Crippen molar-refractivity contribution in [2.24, 2.45) is 0 Å². The van der Waals surface area contributed by atoms with E-state index in [-0.39, 0.29) is 12.6 Å². The molecule has 4 nitrogen and oxygen atoms in total. The highest BCUT2D eigenvalue weighted by atomic mass is 19.1. The van der Waals surface area contributed by atoms with Crippen LogP contribution in [0.15, 0.2) is 36.4 Å². The van der Waals surface area contributed by atoms with Crippen molar-refractivity contribution in [1.29, 1.82) is 0 Å². The lowest BCUT2D eigenvalue weighted by Gasteiger charge is -2.08. The van der Waals surface area contributed by atoms with Crippen molar-refractivity contribution in [3.05, 3.63) is 47.8 Å². The number of rotatable bonds is 3. The van der Waals surface area contributed by atoms with E-state index in [0.717, 1.165) is 17.1 Å². The van der Waals surface area contributed by atoms with Crippen LogP contribution in [0, 0.1) is 5.82 Å². The van der Waals surface area contributed by atoms with Gasteiger partial charge in [-0.25, -0.2) is 4.39 Å². The second kappa shape index (κ2) is 4.68. The van der Waals surface area contributed by atoms with Crippen LogP contribution in [0.4, 0.5) is 15.8 Å². The highest BCUT2D eigenvalue weighted by Gasteiger charge is 2.12. The van der Waals surface area contributed by atoms with Gasteiger partial charge in [-0.1, -0.05) is 6.07 Å². The SMILES string of the molecule is Nc1cc(F)cc(NCc2ccc3c(c2)OCO3)c1. The van der Waals surface area contributed by atoms with Gasteiger partial charge in [0.05, 0.1) is 0 Å². The van der Waals surface area contributed by atoms with Gasteiger partial charge in [0.1, 0.15) is 5.82 Å². The van der Waals surface area contributed by atoms with E-state index in [2.05, 4.69) is 5.32 Å². The van der Waals surface area contributed by atoms with E-state index in [9.17, 15) is 4.39 Å². The fourth-order valence-electron chi connectivity index (χ4n) is 1.97. The predicted octanol–water partition coefficient (Wildman–Crippen LogP) is 2.75. The van der Waals surface area contributed by atoms with Gasteiger partial charge in [0, 0.05) is 17.9 Å². The average molecular weight is 260 g/mol. The van der Waals surface area contributed by atoms with Gasteiger partial charge in [0.15, 0.2) is 11.5 Å². The third-order valence-electron chi connectivity index (χ3n) is 2.85. The van der Waals surface area contributed by atoms with Crippen LogP contribution in [0.5, 0.6) is 11.5 Å². The van der Waals surface area contributed by atoms with Gasteiger partial charge in [-0.15, -0.1) is 0 Å². The average Bonchev–Trinajstić information content (AvgIpc) is 2.82. The number of hydrogen-bond acceptors (Lipinski definition) is 4. The van der Waals surface area contributed by atoms with Crippen molar-refractivity contribution >= 4 is 11.4 Å². The van der Waals surface area contributed by atoms with Crippen molar-refractivity contribution in [3.8, 4) is 11.5 Å². The summed E-state index contributed by atoms with van der Waals surface area (Å²) in [5, 5.41) is 3.12. The minimum atomic E-state index is -0.354. The Morgan fingerprint density at radius 3 is 2.79 bits per heavy atom. The highest BCUT2D eigenvalue weighted by molar-refractivity contribution is 5.55. The summed E-state index contributed by atoms with van der Waals surface area (Å²) in [6.07, 6.45) is 0. The summed E-state index contributed by atoms with van der Waals surface area (Å²) in [5.74, 6) is 1.13. The number of hydrogen-bond donors (Lipinski definition) is 2. The molecule has 3 N–H and O–H groups in total. The van der Waals surface area contributed by atoms with Crippen LogP contribution in [0.1, 0.15) is 5.56 Å². The van der Waals surface area contributed by atoms with Crippen LogP contribution in [-0.2, 0) is 6.54 Å². The Labute approximate surface area is 109 Å². The summed E-state index contributed by atoms with van der Waals surface area (Å²) >= 11 is 0. The second-order valence-electron chi connectivity index (χ2n) is 4.31. The van der Waals surface area contributed by atoms with E-state index < -0.39 is 0 Å².